The van der Waals surface area contributed by atoms with Crippen molar-refractivity contribution in [2.45, 2.75) is 19.4 Å². The van der Waals surface area contributed by atoms with E-state index in [-0.39, 0.29) is 0 Å². The molecule has 0 radical (unpaired) electrons. The highest BCUT2D eigenvalue weighted by atomic mass is 28.2. The molecule has 0 amide bonds. The van der Waals surface area contributed by atoms with Crippen LogP contribution in [0.15, 0.2) is 18.2 Å². The maximum absolute atomic E-state index is 13.2. The lowest BCUT2D eigenvalue weighted by atomic mass is 9.98. The lowest BCUT2D eigenvalue weighted by Gasteiger charge is -2.24. The van der Waals surface area contributed by atoms with E-state index in [1.54, 1.807) is 13.8 Å². The van der Waals surface area contributed by atoms with E-state index in [0.29, 0.717) is 16.0 Å². The Morgan fingerprint density at radius 1 is 1.31 bits per heavy atom. The van der Waals surface area contributed by atoms with Crippen molar-refractivity contribution in [3.8, 4) is 0 Å². The molecule has 0 bridgehead atoms. The summed E-state index contributed by atoms with van der Waals surface area (Å²) in [5, 5.41) is 0. The third-order valence-electron chi connectivity index (χ3n) is 2.09. The van der Waals surface area contributed by atoms with Crippen molar-refractivity contribution >= 4 is 10.5 Å². The average Bonchev–Trinajstić information content (AvgIpc) is 2.03. The van der Waals surface area contributed by atoms with Gasteiger partial charge in [-0.3, -0.25) is 0 Å². The van der Waals surface area contributed by atoms with Crippen LogP contribution in [0.2, 0.25) is 0 Å². The van der Waals surface area contributed by atoms with E-state index in [1.807, 2.05) is 0 Å². The summed E-state index contributed by atoms with van der Waals surface area (Å²) in [7, 11) is 0.518. The van der Waals surface area contributed by atoms with Gasteiger partial charge in [-0.1, -0.05) is 6.07 Å². The zero-order valence-corrected chi connectivity index (χ0v) is 9.90. The number of hydrogen-bond acceptors (Lipinski definition) is 1. The number of benzene rings is 1. The fourth-order valence-corrected chi connectivity index (χ4v) is 1.31. The van der Waals surface area contributed by atoms with Gasteiger partial charge < -0.3 is 4.43 Å². The Morgan fingerprint density at radius 2 is 1.92 bits per heavy atom. The highest BCUT2D eigenvalue weighted by Crippen LogP contribution is 2.26. The maximum Gasteiger partial charge on any atom is 0.147 e. The molecule has 1 aromatic carbocycles. The fraction of sp³-hybridized carbons (Fsp3) is 0.333. The topological polar surface area (TPSA) is 9.23 Å². The van der Waals surface area contributed by atoms with Crippen molar-refractivity contribution in [3.05, 3.63) is 35.4 Å². The second-order valence-electron chi connectivity index (χ2n) is 3.34. The molecule has 4 heteroatoms. The average molecular weight is 202 g/mol. The Balaban J connectivity index is 3.16. The second-order valence-corrected chi connectivity index (χ2v) is 3.75. The summed E-state index contributed by atoms with van der Waals surface area (Å²) in [6.07, 6.45) is 0. The fourth-order valence-electron chi connectivity index (χ4n) is 1.09. The third-order valence-corrected chi connectivity index (χ3v) is 3.11. The van der Waals surface area contributed by atoms with E-state index in [9.17, 15) is 8.78 Å². The third kappa shape index (κ3) is 2.13. The van der Waals surface area contributed by atoms with Crippen molar-refractivity contribution in [2.75, 3.05) is 0 Å². The quantitative estimate of drug-likeness (QED) is 0.660. The summed E-state index contributed by atoms with van der Waals surface area (Å²) in [6.45, 7) is 3.52. The standard InChI is InChI=1S/C9H12F2OSi/c1-9(2,12-13)7-4-3-6(10)5-8(7)11/h3-5H,1-2,13H3. The van der Waals surface area contributed by atoms with E-state index in [4.69, 9.17) is 4.43 Å². The van der Waals surface area contributed by atoms with Crippen molar-refractivity contribution in [1.82, 2.24) is 0 Å². The van der Waals surface area contributed by atoms with Crippen LogP contribution >= 0.6 is 0 Å². The predicted octanol–water partition coefficient (Wildman–Crippen LogP) is 1.50. The van der Waals surface area contributed by atoms with Gasteiger partial charge in [-0.2, -0.15) is 0 Å². The van der Waals surface area contributed by atoms with E-state index < -0.39 is 17.2 Å². The Bertz CT molecular complexity index is 312. The Kier molecular flexibility index (Phi) is 2.83. The van der Waals surface area contributed by atoms with Crippen LogP contribution < -0.4 is 0 Å². The smallest absolute Gasteiger partial charge is 0.147 e. The molecule has 0 saturated carbocycles. The van der Waals surface area contributed by atoms with Gasteiger partial charge in [0.15, 0.2) is 0 Å². The summed E-state index contributed by atoms with van der Waals surface area (Å²) >= 11 is 0. The van der Waals surface area contributed by atoms with Gasteiger partial charge in [0, 0.05) is 11.6 Å². The van der Waals surface area contributed by atoms with Crippen molar-refractivity contribution < 1.29 is 13.2 Å². The second kappa shape index (κ2) is 3.55. The summed E-state index contributed by atoms with van der Waals surface area (Å²) in [5.74, 6) is -1.12. The molecule has 1 nitrogen and oxygen atoms in total. The van der Waals surface area contributed by atoms with Crippen LogP contribution in [0.25, 0.3) is 0 Å². The van der Waals surface area contributed by atoms with E-state index in [2.05, 4.69) is 0 Å². The molecule has 0 aromatic heterocycles. The first kappa shape index (κ1) is 10.3. The van der Waals surface area contributed by atoms with Crippen molar-refractivity contribution in [3.63, 3.8) is 0 Å². The highest BCUT2D eigenvalue weighted by Gasteiger charge is 2.22. The molecular weight excluding hydrogens is 190 g/mol. The highest BCUT2D eigenvalue weighted by molar-refractivity contribution is 5.98. The lowest BCUT2D eigenvalue weighted by Crippen LogP contribution is -2.21. The molecular formula is C9H12F2OSi. The summed E-state index contributed by atoms with van der Waals surface area (Å²) < 4.78 is 31.0. The molecule has 0 saturated heterocycles. The number of rotatable bonds is 2. The molecule has 0 heterocycles. The van der Waals surface area contributed by atoms with Crippen LogP contribution in [0.5, 0.6) is 0 Å². The van der Waals surface area contributed by atoms with E-state index in [0.717, 1.165) is 6.07 Å². The zero-order chi connectivity index (χ0) is 10.1. The molecule has 72 valence electrons. The Morgan fingerprint density at radius 3 is 2.38 bits per heavy atom. The normalized spacial score (nSPS) is 12.0. The first-order valence-corrected chi connectivity index (χ1v) is 4.79. The van der Waals surface area contributed by atoms with Gasteiger partial charge in [0.1, 0.15) is 22.1 Å². The zero-order valence-electron chi connectivity index (χ0n) is 7.90. The summed E-state index contributed by atoms with van der Waals surface area (Å²) in [4.78, 5) is 0. The molecule has 0 N–H and O–H groups in total. The molecule has 0 aliphatic rings. The number of hydrogen-bond donors (Lipinski definition) is 0. The minimum Gasteiger partial charge on any atom is -0.419 e. The molecule has 13 heavy (non-hydrogen) atoms. The van der Waals surface area contributed by atoms with E-state index in [1.165, 1.54) is 12.1 Å². The largest absolute Gasteiger partial charge is 0.419 e. The molecule has 0 aliphatic heterocycles. The molecule has 0 spiro atoms. The first-order valence-electron chi connectivity index (χ1n) is 3.98. The van der Waals surface area contributed by atoms with Gasteiger partial charge in [0.25, 0.3) is 0 Å². The predicted molar refractivity (Wildman–Crippen MR) is 50.4 cm³/mol. The van der Waals surface area contributed by atoms with Gasteiger partial charge in [0.2, 0.25) is 0 Å². The van der Waals surface area contributed by atoms with Crippen LogP contribution in [0.4, 0.5) is 8.78 Å². The minimum absolute atomic E-state index is 0.393. The van der Waals surface area contributed by atoms with Crippen LogP contribution in [0.1, 0.15) is 19.4 Å². The van der Waals surface area contributed by atoms with Crippen LogP contribution in [0, 0.1) is 11.6 Å². The number of halogens is 2. The molecule has 1 aromatic rings. The van der Waals surface area contributed by atoms with E-state index >= 15 is 0 Å². The van der Waals surface area contributed by atoms with Crippen LogP contribution in [0.3, 0.4) is 0 Å². The van der Waals surface area contributed by atoms with Gasteiger partial charge in [0.05, 0.1) is 5.60 Å². The van der Waals surface area contributed by atoms with Crippen molar-refractivity contribution in [2.24, 2.45) is 0 Å². The molecule has 0 fully saturated rings. The van der Waals surface area contributed by atoms with Gasteiger partial charge in [-0.05, 0) is 19.9 Å². The molecule has 1 rings (SSSR count). The minimum atomic E-state index is -0.663. The SMILES string of the molecule is CC(C)(O[SiH3])c1ccc(F)cc1F. The van der Waals surface area contributed by atoms with Gasteiger partial charge in [-0.15, -0.1) is 0 Å². The summed E-state index contributed by atoms with van der Waals surface area (Å²) in [6, 6.07) is 3.53. The van der Waals surface area contributed by atoms with Crippen LogP contribution in [-0.4, -0.2) is 10.5 Å². The van der Waals surface area contributed by atoms with Crippen molar-refractivity contribution in [1.29, 1.82) is 0 Å². The maximum atomic E-state index is 13.2. The lowest BCUT2D eigenvalue weighted by molar-refractivity contribution is 0.118. The molecule has 0 unspecified atom stereocenters. The Hall–Kier alpha value is -0.743. The molecule has 0 atom stereocenters. The monoisotopic (exact) mass is 202 g/mol. The first-order chi connectivity index (χ1) is 5.97. The Labute approximate surface area is 79.3 Å². The van der Waals surface area contributed by atoms with Crippen LogP contribution in [-0.2, 0) is 10.0 Å². The van der Waals surface area contributed by atoms with Gasteiger partial charge in [-0.25, -0.2) is 8.78 Å². The van der Waals surface area contributed by atoms with Gasteiger partial charge >= 0.3 is 0 Å². The summed E-state index contributed by atoms with van der Waals surface area (Å²) in [5.41, 5.74) is -0.270. The molecule has 0 aliphatic carbocycles.